The summed E-state index contributed by atoms with van der Waals surface area (Å²) in [5, 5.41) is 4.98. The Kier molecular flexibility index (Phi) is 6.54. The zero-order valence-corrected chi connectivity index (χ0v) is 20.9. The van der Waals surface area contributed by atoms with Gasteiger partial charge in [0.1, 0.15) is 11.5 Å². The standard InChI is InChI=1S/C27H30ClN5O2/c1-19(2)30(3)24-12-29-33(18-24)27(34)32-16-21-14-31(15-22(21)17-32)13-20-5-4-6-26(11-20)35-25-9-7-23(28)8-10-25/h4-12,18,21-22H,1,13-17H2,2-3H3. The van der Waals surface area contributed by atoms with Gasteiger partial charge in [-0.25, -0.2) is 4.79 Å². The van der Waals surface area contributed by atoms with E-state index in [1.165, 1.54) is 10.2 Å². The van der Waals surface area contributed by atoms with Crippen LogP contribution < -0.4 is 9.64 Å². The number of carbonyl (C=O) groups is 1. The molecule has 0 bridgehead atoms. The molecule has 2 saturated heterocycles. The number of amides is 1. The van der Waals surface area contributed by atoms with E-state index in [1.807, 2.05) is 60.2 Å². The lowest BCUT2D eigenvalue weighted by molar-refractivity contribution is 0.197. The first kappa shape index (κ1) is 23.5. The first-order valence-corrected chi connectivity index (χ1v) is 12.2. The Hall–Kier alpha value is -3.29. The van der Waals surface area contributed by atoms with E-state index in [4.69, 9.17) is 16.3 Å². The van der Waals surface area contributed by atoms with Gasteiger partial charge in [-0.15, -0.1) is 0 Å². The van der Waals surface area contributed by atoms with E-state index in [2.05, 4.69) is 28.7 Å². The zero-order chi connectivity index (χ0) is 24.5. The second kappa shape index (κ2) is 9.76. The van der Waals surface area contributed by atoms with Crippen LogP contribution in [0.1, 0.15) is 12.5 Å². The fourth-order valence-electron chi connectivity index (χ4n) is 4.94. The summed E-state index contributed by atoms with van der Waals surface area (Å²) in [6, 6.07) is 15.5. The molecule has 35 heavy (non-hydrogen) atoms. The first-order valence-electron chi connectivity index (χ1n) is 11.8. The fourth-order valence-corrected chi connectivity index (χ4v) is 5.06. The zero-order valence-electron chi connectivity index (χ0n) is 20.1. The van der Waals surface area contributed by atoms with Gasteiger partial charge in [-0.3, -0.25) is 4.90 Å². The summed E-state index contributed by atoms with van der Waals surface area (Å²) < 4.78 is 7.43. The average Bonchev–Trinajstić information content (AvgIpc) is 3.55. The molecule has 7 nitrogen and oxygen atoms in total. The predicted molar refractivity (Wildman–Crippen MR) is 138 cm³/mol. The number of benzene rings is 2. The maximum Gasteiger partial charge on any atom is 0.344 e. The third-order valence-corrected chi connectivity index (χ3v) is 7.16. The molecule has 0 N–H and O–H groups in total. The van der Waals surface area contributed by atoms with E-state index in [1.54, 1.807) is 12.4 Å². The number of halogens is 1. The van der Waals surface area contributed by atoms with Gasteiger partial charge in [0.05, 0.1) is 18.1 Å². The quantitative estimate of drug-likeness (QED) is 0.466. The number of hydrogen-bond acceptors (Lipinski definition) is 5. The minimum Gasteiger partial charge on any atom is -0.457 e. The molecule has 2 aliphatic rings. The minimum atomic E-state index is -0.0561. The van der Waals surface area contributed by atoms with Crippen molar-refractivity contribution in [1.82, 2.24) is 19.6 Å². The van der Waals surface area contributed by atoms with Gasteiger partial charge in [0.15, 0.2) is 0 Å². The first-order chi connectivity index (χ1) is 16.9. The Morgan fingerprint density at radius 3 is 2.51 bits per heavy atom. The maximum atomic E-state index is 13.0. The van der Waals surface area contributed by atoms with Crippen molar-refractivity contribution in [2.24, 2.45) is 11.8 Å². The highest BCUT2D eigenvalue weighted by Gasteiger charge is 2.42. The topological polar surface area (TPSA) is 53.8 Å². The van der Waals surface area contributed by atoms with Crippen LogP contribution in [0.5, 0.6) is 11.5 Å². The summed E-state index contributed by atoms with van der Waals surface area (Å²) in [6.45, 7) is 10.2. The summed E-state index contributed by atoms with van der Waals surface area (Å²) in [5.74, 6) is 2.56. The number of likely N-dealkylation sites (tertiary alicyclic amines) is 2. The predicted octanol–water partition coefficient (Wildman–Crippen LogP) is 5.33. The molecule has 0 radical (unpaired) electrons. The summed E-state index contributed by atoms with van der Waals surface area (Å²) in [4.78, 5) is 19.3. The van der Waals surface area contributed by atoms with Crippen LogP contribution in [0.2, 0.25) is 5.02 Å². The SMILES string of the molecule is C=C(C)N(C)c1cnn(C(=O)N2CC3CN(Cc4cccc(Oc5ccc(Cl)cc5)c4)CC3C2)c1. The third kappa shape index (κ3) is 5.21. The second-order valence-electron chi connectivity index (χ2n) is 9.54. The molecule has 8 heteroatoms. The number of hydrogen-bond donors (Lipinski definition) is 0. The van der Waals surface area contributed by atoms with Gasteiger partial charge < -0.3 is 14.5 Å². The molecule has 2 fully saturated rings. The Bertz CT molecular complexity index is 1210. The van der Waals surface area contributed by atoms with Crippen LogP contribution in [-0.2, 0) is 6.54 Å². The highest BCUT2D eigenvalue weighted by Crippen LogP contribution is 2.33. The van der Waals surface area contributed by atoms with E-state index in [0.29, 0.717) is 16.9 Å². The number of ether oxygens (including phenoxy) is 1. The van der Waals surface area contributed by atoms with Crippen LogP contribution in [0.25, 0.3) is 0 Å². The van der Waals surface area contributed by atoms with Crippen LogP contribution in [0, 0.1) is 11.8 Å². The van der Waals surface area contributed by atoms with Crippen molar-refractivity contribution >= 4 is 23.3 Å². The maximum absolute atomic E-state index is 13.0. The summed E-state index contributed by atoms with van der Waals surface area (Å²) >= 11 is 5.96. The number of fused-ring (bicyclic) bond motifs is 1. The molecule has 3 heterocycles. The molecule has 2 aliphatic heterocycles. The number of carbonyl (C=O) groups excluding carboxylic acids is 1. The highest BCUT2D eigenvalue weighted by molar-refractivity contribution is 6.30. The van der Waals surface area contributed by atoms with E-state index in [0.717, 1.165) is 55.6 Å². The van der Waals surface area contributed by atoms with Crippen LogP contribution in [0.4, 0.5) is 10.5 Å². The van der Waals surface area contributed by atoms with Crippen LogP contribution in [-0.4, -0.2) is 58.8 Å². The number of nitrogens with zero attached hydrogens (tertiary/aromatic N) is 5. The van der Waals surface area contributed by atoms with Gasteiger partial charge in [0, 0.05) is 50.5 Å². The molecule has 1 aromatic heterocycles. The number of aromatic nitrogens is 2. The molecule has 2 unspecified atom stereocenters. The highest BCUT2D eigenvalue weighted by atomic mass is 35.5. The lowest BCUT2D eigenvalue weighted by Crippen LogP contribution is -2.36. The van der Waals surface area contributed by atoms with Crippen LogP contribution in [0.3, 0.4) is 0 Å². The molecular weight excluding hydrogens is 462 g/mol. The van der Waals surface area contributed by atoms with Crippen molar-refractivity contribution in [1.29, 1.82) is 0 Å². The van der Waals surface area contributed by atoms with E-state index < -0.39 is 0 Å². The monoisotopic (exact) mass is 491 g/mol. The van der Waals surface area contributed by atoms with E-state index >= 15 is 0 Å². The van der Waals surface area contributed by atoms with Crippen molar-refractivity contribution in [3.63, 3.8) is 0 Å². The largest absolute Gasteiger partial charge is 0.457 e. The van der Waals surface area contributed by atoms with Gasteiger partial charge in [-0.1, -0.05) is 30.3 Å². The molecule has 182 valence electrons. The van der Waals surface area contributed by atoms with Crippen molar-refractivity contribution in [2.75, 3.05) is 38.1 Å². The smallest absolute Gasteiger partial charge is 0.344 e. The van der Waals surface area contributed by atoms with Gasteiger partial charge >= 0.3 is 6.03 Å². The third-order valence-electron chi connectivity index (χ3n) is 6.91. The molecule has 0 spiro atoms. The Morgan fingerprint density at radius 1 is 1.11 bits per heavy atom. The van der Waals surface area contributed by atoms with E-state index in [9.17, 15) is 4.79 Å². The van der Waals surface area contributed by atoms with Crippen molar-refractivity contribution in [3.8, 4) is 11.5 Å². The Morgan fingerprint density at radius 2 is 1.83 bits per heavy atom. The lowest BCUT2D eigenvalue weighted by Gasteiger charge is -2.21. The molecule has 2 atom stereocenters. The minimum absolute atomic E-state index is 0.0561. The molecule has 3 aromatic rings. The normalized spacial score (nSPS) is 19.6. The average molecular weight is 492 g/mol. The van der Waals surface area contributed by atoms with Crippen molar-refractivity contribution in [2.45, 2.75) is 13.5 Å². The van der Waals surface area contributed by atoms with Crippen LogP contribution in [0.15, 0.2) is 73.2 Å². The number of anilines is 1. The Balaban J connectivity index is 1.15. The van der Waals surface area contributed by atoms with Crippen molar-refractivity contribution in [3.05, 3.63) is 83.8 Å². The van der Waals surface area contributed by atoms with Gasteiger partial charge in [0.2, 0.25) is 0 Å². The second-order valence-corrected chi connectivity index (χ2v) is 9.98. The molecule has 0 saturated carbocycles. The molecule has 5 rings (SSSR count). The number of allylic oxidation sites excluding steroid dienone is 1. The van der Waals surface area contributed by atoms with Gasteiger partial charge in [-0.2, -0.15) is 9.78 Å². The van der Waals surface area contributed by atoms with Gasteiger partial charge in [0.25, 0.3) is 0 Å². The lowest BCUT2D eigenvalue weighted by atomic mass is 10.0. The Labute approximate surface area is 211 Å². The van der Waals surface area contributed by atoms with Crippen molar-refractivity contribution < 1.29 is 9.53 Å². The number of rotatable bonds is 6. The molecule has 0 aliphatic carbocycles. The summed E-state index contributed by atoms with van der Waals surface area (Å²) in [6.07, 6.45) is 3.48. The van der Waals surface area contributed by atoms with E-state index in [-0.39, 0.29) is 6.03 Å². The fraction of sp³-hybridized carbons (Fsp3) is 0.333. The van der Waals surface area contributed by atoms with Gasteiger partial charge in [-0.05, 0) is 60.7 Å². The molecular formula is C27H30ClN5O2. The van der Waals surface area contributed by atoms with Crippen LogP contribution >= 0.6 is 11.6 Å². The summed E-state index contributed by atoms with van der Waals surface area (Å²) in [7, 11) is 1.92. The molecule has 2 aromatic carbocycles. The summed E-state index contributed by atoms with van der Waals surface area (Å²) in [5.41, 5.74) is 2.98. The molecule has 1 amide bonds.